The van der Waals surface area contributed by atoms with Crippen molar-refractivity contribution in [2.45, 2.75) is 24.7 Å². The van der Waals surface area contributed by atoms with Crippen LogP contribution in [0, 0.1) is 11.7 Å². The van der Waals surface area contributed by atoms with Gasteiger partial charge in [-0.1, -0.05) is 11.6 Å². The number of halogens is 2. The standard InChI is InChI=1S/C21H22ClFN2O5S/c1-2-30-21(27)15-9-11-25(12-10-15)31(28,29)17-7-8-19(18(23)13-17)24-20(26)14-3-5-16(22)6-4-14/h3-8,13,15H,2,9-12H2,1H3,(H,24,26). The highest BCUT2D eigenvalue weighted by Gasteiger charge is 2.33. The molecule has 0 aliphatic carbocycles. The Morgan fingerprint density at radius 3 is 2.39 bits per heavy atom. The van der Waals surface area contributed by atoms with Gasteiger partial charge in [-0.3, -0.25) is 9.59 Å². The highest BCUT2D eigenvalue weighted by Crippen LogP contribution is 2.27. The molecule has 7 nitrogen and oxygen atoms in total. The quantitative estimate of drug-likeness (QED) is 0.652. The summed E-state index contributed by atoms with van der Waals surface area (Å²) >= 11 is 5.79. The lowest BCUT2D eigenvalue weighted by molar-refractivity contribution is -0.149. The Labute approximate surface area is 185 Å². The molecule has 1 amide bonds. The third-order valence-corrected chi connectivity index (χ3v) is 7.15. The smallest absolute Gasteiger partial charge is 0.309 e. The first-order valence-electron chi connectivity index (χ1n) is 9.75. The van der Waals surface area contributed by atoms with Crippen molar-refractivity contribution >= 4 is 39.2 Å². The van der Waals surface area contributed by atoms with E-state index in [9.17, 15) is 22.4 Å². The Kier molecular flexibility index (Phi) is 7.30. The van der Waals surface area contributed by atoms with Gasteiger partial charge in [-0.05, 0) is 62.2 Å². The molecule has 1 aliphatic heterocycles. The van der Waals surface area contributed by atoms with Gasteiger partial charge in [-0.25, -0.2) is 12.8 Å². The summed E-state index contributed by atoms with van der Waals surface area (Å²) in [5, 5.41) is 2.88. The zero-order valence-electron chi connectivity index (χ0n) is 16.8. The minimum atomic E-state index is -3.93. The zero-order valence-corrected chi connectivity index (χ0v) is 18.4. The van der Waals surface area contributed by atoms with E-state index in [1.165, 1.54) is 40.7 Å². The summed E-state index contributed by atoms with van der Waals surface area (Å²) in [5.74, 6) is -2.09. The fraction of sp³-hybridized carbons (Fsp3) is 0.333. The molecule has 0 bridgehead atoms. The lowest BCUT2D eigenvalue weighted by atomic mass is 9.98. The number of amides is 1. The van der Waals surface area contributed by atoms with E-state index in [1.807, 2.05) is 0 Å². The molecular weight excluding hydrogens is 447 g/mol. The summed E-state index contributed by atoms with van der Waals surface area (Å²) < 4.78 is 46.5. The van der Waals surface area contributed by atoms with E-state index in [0.717, 1.165) is 6.07 Å². The molecule has 1 saturated heterocycles. The van der Waals surface area contributed by atoms with Crippen LogP contribution in [0.3, 0.4) is 0 Å². The van der Waals surface area contributed by atoms with Crippen molar-refractivity contribution in [1.82, 2.24) is 4.31 Å². The number of benzene rings is 2. The molecule has 2 aromatic rings. The van der Waals surface area contributed by atoms with Crippen LogP contribution in [-0.4, -0.2) is 44.3 Å². The molecule has 0 spiro atoms. The van der Waals surface area contributed by atoms with E-state index in [-0.39, 0.29) is 47.7 Å². The van der Waals surface area contributed by atoms with E-state index in [4.69, 9.17) is 16.3 Å². The molecule has 0 unspecified atom stereocenters. The Bertz CT molecular complexity index is 1070. The Balaban J connectivity index is 1.69. The molecule has 0 atom stereocenters. The normalized spacial score (nSPS) is 15.5. The van der Waals surface area contributed by atoms with Crippen LogP contribution in [0.2, 0.25) is 5.02 Å². The monoisotopic (exact) mass is 468 g/mol. The number of carbonyl (C=O) groups is 2. The number of anilines is 1. The van der Waals surface area contributed by atoms with Gasteiger partial charge in [0.25, 0.3) is 5.91 Å². The molecule has 10 heteroatoms. The first-order chi connectivity index (χ1) is 14.7. The largest absolute Gasteiger partial charge is 0.466 e. The van der Waals surface area contributed by atoms with Crippen LogP contribution in [0.15, 0.2) is 47.4 Å². The van der Waals surface area contributed by atoms with Gasteiger partial charge >= 0.3 is 5.97 Å². The fourth-order valence-corrected chi connectivity index (χ4v) is 4.90. The van der Waals surface area contributed by atoms with Gasteiger partial charge in [0.05, 0.1) is 23.1 Å². The number of hydrogen-bond donors (Lipinski definition) is 1. The summed E-state index contributed by atoms with van der Waals surface area (Å²) in [4.78, 5) is 23.9. The number of rotatable bonds is 6. The molecule has 3 rings (SSSR count). The molecule has 0 saturated carbocycles. The number of nitrogens with zero attached hydrogens (tertiary/aromatic N) is 1. The Morgan fingerprint density at radius 1 is 1.16 bits per heavy atom. The number of sulfonamides is 1. The van der Waals surface area contributed by atoms with Crippen LogP contribution in [0.5, 0.6) is 0 Å². The van der Waals surface area contributed by atoms with E-state index in [1.54, 1.807) is 6.92 Å². The lowest BCUT2D eigenvalue weighted by Crippen LogP contribution is -2.40. The number of ether oxygens (including phenoxy) is 1. The van der Waals surface area contributed by atoms with Gasteiger partial charge in [0.2, 0.25) is 10.0 Å². The average Bonchev–Trinajstić information content (AvgIpc) is 2.75. The van der Waals surface area contributed by atoms with E-state index in [2.05, 4.69) is 5.32 Å². The molecule has 1 aliphatic rings. The molecule has 1 N–H and O–H groups in total. The van der Waals surface area contributed by atoms with Gasteiger partial charge in [0.15, 0.2) is 0 Å². The van der Waals surface area contributed by atoms with Crippen molar-refractivity contribution in [2.75, 3.05) is 25.0 Å². The minimum Gasteiger partial charge on any atom is -0.466 e. The topological polar surface area (TPSA) is 92.8 Å². The van der Waals surface area contributed by atoms with Crippen LogP contribution < -0.4 is 5.32 Å². The molecule has 31 heavy (non-hydrogen) atoms. The maximum atomic E-state index is 14.6. The van der Waals surface area contributed by atoms with Gasteiger partial charge < -0.3 is 10.1 Å². The van der Waals surface area contributed by atoms with E-state index >= 15 is 0 Å². The highest BCUT2D eigenvalue weighted by molar-refractivity contribution is 7.89. The second kappa shape index (κ2) is 9.76. The highest BCUT2D eigenvalue weighted by atomic mass is 35.5. The maximum Gasteiger partial charge on any atom is 0.309 e. The van der Waals surface area contributed by atoms with Crippen molar-refractivity contribution in [3.05, 3.63) is 58.9 Å². The van der Waals surface area contributed by atoms with Crippen molar-refractivity contribution in [2.24, 2.45) is 5.92 Å². The SMILES string of the molecule is CCOC(=O)C1CCN(S(=O)(=O)c2ccc(NC(=O)c3ccc(Cl)cc3)c(F)c2)CC1. The zero-order chi connectivity index (χ0) is 22.6. The van der Waals surface area contributed by atoms with E-state index < -0.39 is 21.7 Å². The van der Waals surface area contributed by atoms with Crippen LogP contribution >= 0.6 is 11.6 Å². The number of hydrogen-bond acceptors (Lipinski definition) is 5. The van der Waals surface area contributed by atoms with Crippen LogP contribution in [0.1, 0.15) is 30.1 Å². The summed E-state index contributed by atoms with van der Waals surface area (Å²) in [6.45, 7) is 2.27. The minimum absolute atomic E-state index is 0.139. The summed E-state index contributed by atoms with van der Waals surface area (Å²) in [6, 6.07) is 9.39. The van der Waals surface area contributed by atoms with Crippen molar-refractivity contribution < 1.29 is 27.1 Å². The third kappa shape index (κ3) is 5.41. The molecule has 166 valence electrons. The van der Waals surface area contributed by atoms with Gasteiger partial charge in [0.1, 0.15) is 5.82 Å². The molecule has 2 aromatic carbocycles. The van der Waals surface area contributed by atoms with Gasteiger partial charge in [0, 0.05) is 23.7 Å². The second-order valence-corrected chi connectivity index (χ2v) is 9.41. The lowest BCUT2D eigenvalue weighted by Gasteiger charge is -2.30. The number of nitrogens with one attached hydrogen (secondary N) is 1. The van der Waals surface area contributed by atoms with E-state index in [0.29, 0.717) is 17.9 Å². The van der Waals surface area contributed by atoms with Crippen LogP contribution in [-0.2, 0) is 19.6 Å². The summed E-state index contributed by atoms with van der Waals surface area (Å²) in [6.07, 6.45) is 0.686. The molecular formula is C21H22ClFN2O5S. The van der Waals surface area contributed by atoms with Gasteiger partial charge in [-0.15, -0.1) is 0 Å². The van der Waals surface area contributed by atoms with Crippen molar-refractivity contribution in [1.29, 1.82) is 0 Å². The predicted octanol–water partition coefficient (Wildman–Crippen LogP) is 3.70. The molecule has 0 radical (unpaired) electrons. The van der Waals surface area contributed by atoms with Gasteiger partial charge in [-0.2, -0.15) is 4.31 Å². The number of piperidine rings is 1. The first kappa shape index (κ1) is 23.2. The molecule has 1 heterocycles. The number of carbonyl (C=O) groups excluding carboxylic acids is 2. The summed E-state index contributed by atoms with van der Waals surface area (Å²) in [5.41, 5.74) is 0.143. The Morgan fingerprint density at radius 2 is 1.81 bits per heavy atom. The van der Waals surface area contributed by atoms with Crippen molar-refractivity contribution in [3.8, 4) is 0 Å². The maximum absolute atomic E-state index is 14.6. The molecule has 0 aromatic heterocycles. The fourth-order valence-electron chi connectivity index (χ4n) is 3.29. The first-order valence-corrected chi connectivity index (χ1v) is 11.6. The predicted molar refractivity (Wildman–Crippen MR) is 114 cm³/mol. The average molecular weight is 469 g/mol. The van der Waals surface area contributed by atoms with Crippen LogP contribution in [0.4, 0.5) is 10.1 Å². The Hall–Kier alpha value is -2.49. The van der Waals surface area contributed by atoms with Crippen LogP contribution in [0.25, 0.3) is 0 Å². The molecule has 1 fully saturated rings. The summed E-state index contributed by atoms with van der Waals surface area (Å²) in [7, 11) is -3.93. The second-order valence-electron chi connectivity index (χ2n) is 7.03. The number of esters is 1. The van der Waals surface area contributed by atoms with Crippen molar-refractivity contribution in [3.63, 3.8) is 0 Å². The third-order valence-electron chi connectivity index (χ3n) is 5.01.